The van der Waals surface area contributed by atoms with Crippen LogP contribution in [0.2, 0.25) is 0 Å². The van der Waals surface area contributed by atoms with Crippen molar-refractivity contribution in [2.75, 3.05) is 119 Å². The van der Waals surface area contributed by atoms with Crippen LogP contribution in [0.3, 0.4) is 0 Å². The van der Waals surface area contributed by atoms with Crippen molar-refractivity contribution in [1.82, 2.24) is 24.5 Å². The number of hydrogen-bond donors (Lipinski definition) is 5. The molecule has 0 radical (unpaired) electrons. The highest BCUT2D eigenvalue weighted by molar-refractivity contribution is 5.79. The average Bonchev–Trinajstić information content (AvgIpc) is 3.21. The van der Waals surface area contributed by atoms with E-state index >= 15 is 0 Å². The van der Waals surface area contributed by atoms with Crippen LogP contribution in [-0.4, -0.2) is 235 Å². The van der Waals surface area contributed by atoms with E-state index in [-0.39, 0.29) is 45.7 Å². The third-order valence-corrected chi connectivity index (χ3v) is 10.0. The first-order valence-electron chi connectivity index (χ1n) is 21.9. The van der Waals surface area contributed by atoms with Gasteiger partial charge < -0.3 is 59.0 Å². The first-order chi connectivity index (χ1) is 31.5. The van der Waals surface area contributed by atoms with Crippen molar-refractivity contribution in [1.29, 1.82) is 0 Å². The van der Waals surface area contributed by atoms with Gasteiger partial charge >= 0.3 is 59.8 Å². The summed E-state index contributed by atoms with van der Waals surface area (Å²) in [4.78, 5) is 125. The SMILES string of the molecule is CC(=O)OCC(COC(C)=O)(COC(C)=O)C(=O)OCCCCCCCCCN(C)CCN(C)C(=O)OCCCC(CN(CCN(CC(=O)O)CC(=O)O)CC(=O)O)N(CC(=O)O)CC(=O)O. The molecule has 1 atom stereocenters. The van der Waals surface area contributed by atoms with E-state index in [2.05, 4.69) is 4.90 Å². The maximum atomic E-state index is 13.0. The number of ether oxygens (including phenoxy) is 5. The highest BCUT2D eigenvalue weighted by atomic mass is 16.6. The van der Waals surface area contributed by atoms with E-state index in [1.807, 2.05) is 7.05 Å². The maximum absolute atomic E-state index is 13.0. The molecule has 0 bridgehead atoms. The minimum absolute atomic E-state index is 0.0595. The van der Waals surface area contributed by atoms with Gasteiger partial charge in [-0.15, -0.1) is 0 Å². The summed E-state index contributed by atoms with van der Waals surface area (Å²) in [6.07, 6.45) is 5.61. The smallest absolute Gasteiger partial charge is 0.409 e. The summed E-state index contributed by atoms with van der Waals surface area (Å²) in [5, 5.41) is 46.9. The Morgan fingerprint density at radius 3 is 1.34 bits per heavy atom. The van der Waals surface area contributed by atoms with Crippen molar-refractivity contribution in [2.24, 2.45) is 5.41 Å². The van der Waals surface area contributed by atoms with Crippen LogP contribution in [0.5, 0.6) is 0 Å². The fourth-order valence-electron chi connectivity index (χ4n) is 6.47. The standard InChI is InChI=1S/C42H71N5O20/c1-31(48)65-28-42(29-66-32(2)49,30-67-33(3)50)40(61)63-20-12-10-8-6-7-9-11-15-43(4)16-17-44(5)41(62)64-21-13-14-34(47(26-38(57)58)27-39(59)60)22-45(23-35(51)52)18-19-46(24-36(53)54)25-37(55)56/h34H,6-30H2,1-5H3,(H,51,52)(H,53,54)(H,55,56)(H,57,58)(H,59,60). The largest absolute Gasteiger partial charge is 0.480 e. The molecule has 25 nitrogen and oxygen atoms in total. The van der Waals surface area contributed by atoms with Gasteiger partial charge in [0.05, 0.1) is 45.9 Å². The highest BCUT2D eigenvalue weighted by Gasteiger charge is 2.45. The number of carboxylic acids is 5. The lowest BCUT2D eigenvalue weighted by atomic mass is 9.91. The zero-order valence-electron chi connectivity index (χ0n) is 39.4. The number of hydrogen-bond acceptors (Lipinski definition) is 19. The Bertz CT molecular complexity index is 1520. The quantitative estimate of drug-likeness (QED) is 0.0315. The van der Waals surface area contributed by atoms with Gasteiger partial charge in [-0.05, 0) is 39.3 Å². The van der Waals surface area contributed by atoms with Crippen LogP contribution < -0.4 is 0 Å². The number of nitrogens with zero attached hydrogens (tertiary/aromatic N) is 5. The second-order valence-corrected chi connectivity index (χ2v) is 16.2. The van der Waals surface area contributed by atoms with Crippen molar-refractivity contribution in [2.45, 2.75) is 84.6 Å². The van der Waals surface area contributed by atoms with Gasteiger partial charge in [0.25, 0.3) is 0 Å². The van der Waals surface area contributed by atoms with Gasteiger partial charge in [0.15, 0.2) is 5.41 Å². The topological polar surface area (TPSA) is 334 Å². The predicted molar refractivity (Wildman–Crippen MR) is 233 cm³/mol. The molecule has 5 N–H and O–H groups in total. The van der Waals surface area contributed by atoms with Gasteiger partial charge in [-0.2, -0.15) is 0 Å². The van der Waals surface area contributed by atoms with Crippen LogP contribution in [0.4, 0.5) is 4.79 Å². The molecule has 0 aliphatic rings. The Labute approximate surface area is 390 Å². The number of likely N-dealkylation sites (N-methyl/N-ethyl adjacent to an activating group) is 2. The Hall–Kier alpha value is -5.66. The third kappa shape index (κ3) is 31.8. The molecule has 0 aromatic heterocycles. The Kier molecular flexibility index (Phi) is 31.7. The number of carboxylic acid groups (broad SMARTS) is 5. The molecule has 0 saturated carbocycles. The van der Waals surface area contributed by atoms with Crippen LogP contribution in [0.25, 0.3) is 0 Å². The van der Waals surface area contributed by atoms with Crippen molar-refractivity contribution < 1.29 is 97.2 Å². The van der Waals surface area contributed by atoms with Gasteiger partial charge in [-0.25, -0.2) is 4.79 Å². The van der Waals surface area contributed by atoms with Gasteiger partial charge in [0.1, 0.15) is 19.8 Å². The average molecular weight is 966 g/mol. The summed E-state index contributed by atoms with van der Waals surface area (Å²) in [7, 11) is 3.48. The van der Waals surface area contributed by atoms with Gasteiger partial charge in [0.2, 0.25) is 0 Å². The summed E-state index contributed by atoms with van der Waals surface area (Å²) in [5.74, 6) is -9.44. The van der Waals surface area contributed by atoms with Crippen molar-refractivity contribution in [3.8, 4) is 0 Å². The van der Waals surface area contributed by atoms with Gasteiger partial charge in [-0.1, -0.05) is 32.1 Å². The zero-order valence-corrected chi connectivity index (χ0v) is 39.4. The van der Waals surface area contributed by atoms with E-state index in [4.69, 9.17) is 33.9 Å². The van der Waals surface area contributed by atoms with Crippen LogP contribution >= 0.6 is 0 Å². The minimum atomic E-state index is -1.71. The Morgan fingerprint density at radius 1 is 0.463 bits per heavy atom. The summed E-state index contributed by atoms with van der Waals surface area (Å²) in [6.45, 7) is -0.228. The van der Waals surface area contributed by atoms with E-state index < -0.39 is 124 Å². The molecule has 0 aromatic rings. The van der Waals surface area contributed by atoms with E-state index in [1.54, 1.807) is 7.05 Å². The number of carbonyl (C=O) groups is 10. The zero-order chi connectivity index (χ0) is 51.0. The molecule has 1 unspecified atom stereocenters. The summed E-state index contributed by atoms with van der Waals surface area (Å²) < 4.78 is 25.9. The van der Waals surface area contributed by atoms with E-state index in [1.165, 1.54) is 9.80 Å². The second-order valence-electron chi connectivity index (χ2n) is 16.2. The van der Waals surface area contributed by atoms with Crippen molar-refractivity contribution >= 4 is 59.8 Å². The molecular formula is C42H71N5O20. The molecule has 0 aliphatic heterocycles. The van der Waals surface area contributed by atoms with E-state index in [0.29, 0.717) is 19.5 Å². The number of rotatable bonds is 40. The molecule has 0 aromatic carbocycles. The van der Waals surface area contributed by atoms with Crippen LogP contribution in [-0.2, 0) is 66.8 Å². The third-order valence-electron chi connectivity index (χ3n) is 10.0. The lowest BCUT2D eigenvalue weighted by molar-refractivity contribution is -0.178. The lowest BCUT2D eigenvalue weighted by Gasteiger charge is -2.34. The maximum Gasteiger partial charge on any atom is 0.409 e. The highest BCUT2D eigenvalue weighted by Crippen LogP contribution is 2.23. The number of esters is 4. The first-order valence-corrected chi connectivity index (χ1v) is 21.9. The fourth-order valence-corrected chi connectivity index (χ4v) is 6.47. The number of aliphatic carboxylic acids is 5. The van der Waals surface area contributed by atoms with E-state index in [0.717, 1.165) is 75.6 Å². The first kappa shape index (κ1) is 61.3. The molecule has 0 spiro atoms. The Morgan fingerprint density at radius 2 is 0.881 bits per heavy atom. The molecule has 0 rings (SSSR count). The molecule has 0 heterocycles. The summed E-state index contributed by atoms with van der Waals surface area (Å²) >= 11 is 0. The van der Waals surface area contributed by atoms with Crippen molar-refractivity contribution in [3.63, 3.8) is 0 Å². The Balaban J connectivity index is 4.91. The van der Waals surface area contributed by atoms with Crippen LogP contribution in [0.1, 0.15) is 78.6 Å². The molecule has 0 fully saturated rings. The minimum Gasteiger partial charge on any atom is -0.480 e. The van der Waals surface area contributed by atoms with Gasteiger partial charge in [-0.3, -0.25) is 57.9 Å². The van der Waals surface area contributed by atoms with Crippen molar-refractivity contribution in [3.05, 3.63) is 0 Å². The molecule has 1 amide bonds. The molecule has 0 saturated heterocycles. The predicted octanol–water partition coefficient (Wildman–Crippen LogP) is 0.414. The summed E-state index contributed by atoms with van der Waals surface area (Å²) in [6, 6.07) is -0.863. The molecule has 0 aliphatic carbocycles. The monoisotopic (exact) mass is 965 g/mol. The molecule has 25 heteroatoms. The second kappa shape index (κ2) is 34.6. The van der Waals surface area contributed by atoms with Crippen LogP contribution in [0, 0.1) is 5.41 Å². The molecule has 384 valence electrons. The number of amides is 1. The normalized spacial score (nSPS) is 11.8. The molecular weight excluding hydrogens is 894 g/mol. The number of unbranched alkanes of at least 4 members (excludes halogenated alkanes) is 6. The fraction of sp³-hybridized carbons (Fsp3) is 0.762. The lowest BCUT2D eigenvalue weighted by Crippen LogP contribution is -2.50. The number of carbonyl (C=O) groups excluding carboxylic acids is 5. The van der Waals surface area contributed by atoms with E-state index in [9.17, 15) is 63.3 Å². The van der Waals surface area contributed by atoms with Gasteiger partial charge in [0, 0.05) is 66.6 Å². The summed E-state index contributed by atoms with van der Waals surface area (Å²) in [5.41, 5.74) is -1.71. The van der Waals surface area contributed by atoms with Crippen LogP contribution in [0.15, 0.2) is 0 Å². The molecule has 67 heavy (non-hydrogen) atoms.